The first-order valence-electron chi connectivity index (χ1n) is 5.09. The van der Waals surface area contributed by atoms with Crippen LogP contribution >= 0.6 is 0 Å². The van der Waals surface area contributed by atoms with Crippen LogP contribution in [0.25, 0.3) is 0 Å². The molecule has 5 nitrogen and oxygen atoms in total. The first-order valence-corrected chi connectivity index (χ1v) is 5.09. The molecule has 82 valence electrons. The van der Waals surface area contributed by atoms with Gasteiger partial charge in [-0.05, 0) is 19.3 Å². The van der Waals surface area contributed by atoms with Crippen LogP contribution in [-0.2, 0) is 18.3 Å². The van der Waals surface area contributed by atoms with E-state index in [-0.39, 0.29) is 12.0 Å². The number of hydrogen-bond acceptors (Lipinski definition) is 2. The number of nitrogens with one attached hydrogen (secondary N) is 1. The predicted octanol–water partition coefficient (Wildman–Crippen LogP) is 0.608. The van der Waals surface area contributed by atoms with E-state index in [1.54, 1.807) is 7.05 Å². The van der Waals surface area contributed by atoms with E-state index >= 15 is 0 Å². The van der Waals surface area contributed by atoms with Gasteiger partial charge in [0, 0.05) is 30.6 Å². The number of rotatable bonds is 4. The smallest absolute Gasteiger partial charge is 0.303 e. The number of aryl methyl sites for hydroxylation is 1. The maximum absolute atomic E-state index is 11.7. The topological polar surface area (TPSA) is 75.1 Å². The van der Waals surface area contributed by atoms with Crippen LogP contribution in [-0.4, -0.2) is 20.9 Å². The molecule has 0 bridgehead atoms. The number of aromatic amines is 1. The first-order chi connectivity index (χ1) is 7.09. The van der Waals surface area contributed by atoms with Gasteiger partial charge in [-0.3, -0.25) is 19.4 Å². The molecule has 0 atom stereocenters. The Morgan fingerprint density at radius 1 is 1.60 bits per heavy atom. The molecular formula is C10H14N2O3. The molecule has 0 aromatic carbocycles. The van der Waals surface area contributed by atoms with E-state index in [4.69, 9.17) is 5.11 Å². The van der Waals surface area contributed by atoms with Crippen LogP contribution in [0.5, 0.6) is 0 Å². The summed E-state index contributed by atoms with van der Waals surface area (Å²) in [6.45, 7) is 0. The van der Waals surface area contributed by atoms with Gasteiger partial charge in [-0.1, -0.05) is 0 Å². The molecule has 1 aromatic rings. The molecule has 2 rings (SSSR count). The zero-order valence-electron chi connectivity index (χ0n) is 8.62. The van der Waals surface area contributed by atoms with E-state index in [2.05, 4.69) is 5.10 Å². The SMILES string of the molecule is Cn1[nH]c(C2CC2)c(CCC(=O)O)c1=O. The molecule has 1 saturated carbocycles. The van der Waals surface area contributed by atoms with Gasteiger partial charge in [-0.2, -0.15) is 0 Å². The third-order valence-electron chi connectivity index (χ3n) is 2.75. The minimum atomic E-state index is -0.861. The lowest BCUT2D eigenvalue weighted by atomic mass is 10.1. The highest BCUT2D eigenvalue weighted by Crippen LogP contribution is 2.40. The van der Waals surface area contributed by atoms with E-state index < -0.39 is 5.97 Å². The van der Waals surface area contributed by atoms with Crippen molar-refractivity contribution in [1.29, 1.82) is 0 Å². The van der Waals surface area contributed by atoms with Crippen molar-refractivity contribution < 1.29 is 9.90 Å². The fourth-order valence-electron chi connectivity index (χ4n) is 1.80. The van der Waals surface area contributed by atoms with Crippen LogP contribution in [0.4, 0.5) is 0 Å². The standard InChI is InChI=1S/C10H14N2O3/c1-12-10(15)7(4-5-8(13)14)9(11-12)6-2-3-6/h6,11H,2-5H2,1H3,(H,13,14). The number of nitrogens with zero attached hydrogens (tertiary/aromatic N) is 1. The number of carboxylic acids is 1. The van der Waals surface area contributed by atoms with Gasteiger partial charge in [0.15, 0.2) is 0 Å². The first kappa shape index (κ1) is 10.0. The highest BCUT2D eigenvalue weighted by Gasteiger charge is 2.29. The summed E-state index contributed by atoms with van der Waals surface area (Å²) in [4.78, 5) is 22.1. The summed E-state index contributed by atoms with van der Waals surface area (Å²) in [7, 11) is 1.67. The zero-order valence-corrected chi connectivity index (χ0v) is 8.62. The van der Waals surface area contributed by atoms with E-state index in [0.29, 0.717) is 17.9 Å². The second-order valence-electron chi connectivity index (χ2n) is 4.04. The number of aromatic nitrogens is 2. The summed E-state index contributed by atoms with van der Waals surface area (Å²) >= 11 is 0. The van der Waals surface area contributed by atoms with Crippen molar-refractivity contribution in [3.8, 4) is 0 Å². The van der Waals surface area contributed by atoms with Crippen LogP contribution < -0.4 is 5.56 Å². The van der Waals surface area contributed by atoms with Gasteiger partial charge in [0.05, 0.1) is 0 Å². The summed E-state index contributed by atoms with van der Waals surface area (Å²) in [5, 5.41) is 11.6. The molecule has 1 fully saturated rings. The van der Waals surface area contributed by atoms with Crippen molar-refractivity contribution in [2.45, 2.75) is 31.6 Å². The Morgan fingerprint density at radius 2 is 2.27 bits per heavy atom. The van der Waals surface area contributed by atoms with Gasteiger partial charge in [0.1, 0.15) is 0 Å². The van der Waals surface area contributed by atoms with Crippen molar-refractivity contribution in [3.63, 3.8) is 0 Å². The lowest BCUT2D eigenvalue weighted by Crippen LogP contribution is -2.16. The average Bonchev–Trinajstić information content (AvgIpc) is 2.94. The van der Waals surface area contributed by atoms with Crippen LogP contribution in [0.15, 0.2) is 4.79 Å². The third-order valence-corrected chi connectivity index (χ3v) is 2.75. The van der Waals surface area contributed by atoms with Crippen LogP contribution in [0.1, 0.15) is 36.4 Å². The third kappa shape index (κ3) is 1.95. The monoisotopic (exact) mass is 210 g/mol. The molecule has 0 aliphatic heterocycles. The Morgan fingerprint density at radius 3 is 2.80 bits per heavy atom. The zero-order chi connectivity index (χ0) is 11.0. The Kier molecular flexibility index (Phi) is 2.38. The molecular weight excluding hydrogens is 196 g/mol. The molecule has 0 spiro atoms. The Bertz CT molecular complexity index is 440. The summed E-state index contributed by atoms with van der Waals surface area (Å²) < 4.78 is 1.44. The van der Waals surface area contributed by atoms with Gasteiger partial charge in [0.2, 0.25) is 0 Å². The summed E-state index contributed by atoms with van der Waals surface area (Å²) in [5.41, 5.74) is 1.52. The Hall–Kier alpha value is -1.52. The molecule has 15 heavy (non-hydrogen) atoms. The predicted molar refractivity (Wildman–Crippen MR) is 54.0 cm³/mol. The molecule has 1 aliphatic rings. The highest BCUT2D eigenvalue weighted by molar-refractivity contribution is 5.67. The maximum Gasteiger partial charge on any atom is 0.303 e. The molecule has 0 amide bonds. The highest BCUT2D eigenvalue weighted by atomic mass is 16.4. The maximum atomic E-state index is 11.7. The number of hydrogen-bond donors (Lipinski definition) is 2. The minimum absolute atomic E-state index is 0.0206. The molecule has 2 N–H and O–H groups in total. The molecule has 0 unspecified atom stereocenters. The van der Waals surface area contributed by atoms with Gasteiger partial charge in [-0.15, -0.1) is 0 Å². The van der Waals surface area contributed by atoms with E-state index in [0.717, 1.165) is 18.5 Å². The van der Waals surface area contributed by atoms with Crippen molar-refractivity contribution in [2.24, 2.45) is 7.05 Å². The van der Waals surface area contributed by atoms with Gasteiger partial charge < -0.3 is 5.11 Å². The normalized spacial score (nSPS) is 15.5. The molecule has 1 aromatic heterocycles. The lowest BCUT2D eigenvalue weighted by Gasteiger charge is -1.97. The van der Waals surface area contributed by atoms with Crippen LogP contribution in [0, 0.1) is 0 Å². The molecule has 0 radical (unpaired) electrons. The van der Waals surface area contributed by atoms with Gasteiger partial charge in [-0.25, -0.2) is 0 Å². The molecule has 0 saturated heterocycles. The van der Waals surface area contributed by atoms with Gasteiger partial charge >= 0.3 is 5.97 Å². The summed E-state index contributed by atoms with van der Waals surface area (Å²) in [6.07, 6.45) is 2.55. The van der Waals surface area contributed by atoms with Crippen molar-refractivity contribution in [2.75, 3.05) is 0 Å². The minimum Gasteiger partial charge on any atom is -0.481 e. The van der Waals surface area contributed by atoms with Crippen molar-refractivity contribution in [1.82, 2.24) is 9.78 Å². The largest absolute Gasteiger partial charge is 0.481 e. The van der Waals surface area contributed by atoms with Crippen molar-refractivity contribution >= 4 is 5.97 Å². The van der Waals surface area contributed by atoms with E-state index in [9.17, 15) is 9.59 Å². The summed E-state index contributed by atoms with van der Waals surface area (Å²) in [6, 6.07) is 0. The Labute approximate surface area is 86.7 Å². The number of H-pyrrole nitrogens is 1. The Balaban J connectivity index is 2.26. The fraction of sp³-hybridized carbons (Fsp3) is 0.600. The van der Waals surface area contributed by atoms with E-state index in [1.165, 1.54) is 4.68 Å². The molecule has 1 heterocycles. The van der Waals surface area contributed by atoms with Crippen LogP contribution in [0.2, 0.25) is 0 Å². The number of carboxylic acid groups (broad SMARTS) is 1. The van der Waals surface area contributed by atoms with Crippen LogP contribution in [0.3, 0.4) is 0 Å². The average molecular weight is 210 g/mol. The van der Waals surface area contributed by atoms with Gasteiger partial charge in [0.25, 0.3) is 5.56 Å². The summed E-state index contributed by atoms with van der Waals surface area (Å²) in [5.74, 6) is -0.414. The quantitative estimate of drug-likeness (QED) is 0.764. The lowest BCUT2D eigenvalue weighted by molar-refractivity contribution is -0.136. The second-order valence-corrected chi connectivity index (χ2v) is 4.04. The second kappa shape index (κ2) is 3.56. The molecule has 5 heteroatoms. The fourth-order valence-corrected chi connectivity index (χ4v) is 1.80. The van der Waals surface area contributed by atoms with Crippen molar-refractivity contribution in [3.05, 3.63) is 21.6 Å². The number of carbonyl (C=O) groups is 1. The van der Waals surface area contributed by atoms with E-state index in [1.807, 2.05) is 0 Å². The number of aliphatic carboxylic acids is 1. The molecule has 1 aliphatic carbocycles.